The van der Waals surface area contributed by atoms with Gasteiger partial charge in [-0.05, 0) is 17.9 Å². The zero-order valence-electron chi connectivity index (χ0n) is 9.28. The zero-order chi connectivity index (χ0) is 10.9. The molecule has 1 N–H and O–H groups in total. The number of rotatable bonds is 4. The van der Waals surface area contributed by atoms with Crippen molar-refractivity contribution in [2.75, 3.05) is 6.54 Å². The summed E-state index contributed by atoms with van der Waals surface area (Å²) in [6.45, 7) is 6.32. The number of aromatic nitrogens is 2. The third kappa shape index (κ3) is 2.18. The molecule has 1 aliphatic rings. The van der Waals surface area contributed by atoms with Gasteiger partial charge in [0.1, 0.15) is 0 Å². The first-order chi connectivity index (χ1) is 7.10. The van der Waals surface area contributed by atoms with E-state index in [-0.39, 0.29) is 5.41 Å². The predicted octanol–water partition coefficient (Wildman–Crippen LogP) is 1.88. The van der Waals surface area contributed by atoms with E-state index in [0.717, 1.165) is 19.5 Å². The van der Waals surface area contributed by atoms with Crippen LogP contribution in [0, 0.1) is 5.41 Å². The molecule has 0 bridgehead atoms. The Bertz CT molecular complexity index is 308. The van der Waals surface area contributed by atoms with Crippen LogP contribution in [0.2, 0.25) is 0 Å². The molecule has 0 aromatic carbocycles. The Morgan fingerprint density at radius 2 is 2.40 bits per heavy atom. The van der Waals surface area contributed by atoms with E-state index >= 15 is 0 Å². The molecule has 1 heterocycles. The molecule has 0 saturated heterocycles. The average molecular weight is 228 g/mol. The Kier molecular flexibility index (Phi) is 3.03. The first kappa shape index (κ1) is 11.0. The maximum atomic E-state index is 6.16. The number of halogens is 1. The van der Waals surface area contributed by atoms with Crippen LogP contribution in [-0.4, -0.2) is 27.7 Å². The summed E-state index contributed by atoms with van der Waals surface area (Å²) < 4.78 is 1.94. The third-order valence-electron chi connectivity index (χ3n) is 3.44. The van der Waals surface area contributed by atoms with Gasteiger partial charge in [0.2, 0.25) is 0 Å². The van der Waals surface area contributed by atoms with Gasteiger partial charge in [0.15, 0.2) is 0 Å². The van der Waals surface area contributed by atoms with Crippen LogP contribution in [-0.2, 0) is 6.54 Å². The molecular formula is C11H18ClN3. The summed E-state index contributed by atoms with van der Waals surface area (Å²) in [6, 6.07) is 2.50. The van der Waals surface area contributed by atoms with Crippen molar-refractivity contribution in [2.45, 2.75) is 38.2 Å². The van der Waals surface area contributed by atoms with E-state index in [1.807, 2.05) is 23.1 Å². The molecule has 0 radical (unpaired) electrons. The molecule has 1 aliphatic carbocycles. The minimum Gasteiger partial charge on any atom is -0.311 e. The van der Waals surface area contributed by atoms with Crippen LogP contribution in [0.1, 0.15) is 20.3 Å². The molecule has 2 unspecified atom stereocenters. The average Bonchev–Trinajstić information content (AvgIpc) is 2.69. The maximum Gasteiger partial charge on any atom is 0.0534 e. The molecule has 84 valence electrons. The van der Waals surface area contributed by atoms with Crippen molar-refractivity contribution >= 4 is 11.6 Å². The molecule has 0 spiro atoms. The molecule has 2 atom stereocenters. The summed E-state index contributed by atoms with van der Waals surface area (Å²) >= 11 is 6.16. The molecule has 1 saturated carbocycles. The lowest BCUT2D eigenvalue weighted by Crippen LogP contribution is -2.58. The number of hydrogen-bond acceptors (Lipinski definition) is 2. The maximum absolute atomic E-state index is 6.16. The van der Waals surface area contributed by atoms with E-state index in [2.05, 4.69) is 24.3 Å². The van der Waals surface area contributed by atoms with E-state index < -0.39 is 0 Å². The predicted molar refractivity (Wildman–Crippen MR) is 62.1 cm³/mol. The minimum absolute atomic E-state index is 0.228. The van der Waals surface area contributed by atoms with Crippen LogP contribution in [0.25, 0.3) is 0 Å². The van der Waals surface area contributed by atoms with Gasteiger partial charge in [-0.3, -0.25) is 4.68 Å². The number of hydrogen-bond donors (Lipinski definition) is 1. The molecule has 0 amide bonds. The van der Waals surface area contributed by atoms with Crippen LogP contribution >= 0.6 is 11.6 Å². The van der Waals surface area contributed by atoms with E-state index in [9.17, 15) is 0 Å². The first-order valence-corrected chi connectivity index (χ1v) is 5.89. The largest absolute Gasteiger partial charge is 0.311 e. The van der Waals surface area contributed by atoms with Gasteiger partial charge in [0.25, 0.3) is 0 Å². The van der Waals surface area contributed by atoms with Gasteiger partial charge in [-0.2, -0.15) is 5.10 Å². The van der Waals surface area contributed by atoms with Crippen molar-refractivity contribution in [1.29, 1.82) is 0 Å². The highest BCUT2D eigenvalue weighted by atomic mass is 35.5. The van der Waals surface area contributed by atoms with Gasteiger partial charge in [-0.25, -0.2) is 0 Å². The molecule has 1 fully saturated rings. The van der Waals surface area contributed by atoms with Crippen molar-refractivity contribution in [2.24, 2.45) is 5.41 Å². The quantitative estimate of drug-likeness (QED) is 0.797. The van der Waals surface area contributed by atoms with Gasteiger partial charge in [0, 0.05) is 30.4 Å². The Labute approximate surface area is 95.8 Å². The van der Waals surface area contributed by atoms with Gasteiger partial charge in [-0.1, -0.05) is 13.8 Å². The lowest BCUT2D eigenvalue weighted by Gasteiger charge is -2.49. The van der Waals surface area contributed by atoms with E-state index in [4.69, 9.17) is 11.6 Å². The topological polar surface area (TPSA) is 29.9 Å². The second-order valence-electron chi connectivity index (χ2n) is 4.80. The summed E-state index contributed by atoms with van der Waals surface area (Å²) in [6.07, 6.45) is 4.87. The van der Waals surface area contributed by atoms with Crippen LogP contribution in [0.15, 0.2) is 18.5 Å². The molecule has 15 heavy (non-hydrogen) atoms. The van der Waals surface area contributed by atoms with Gasteiger partial charge >= 0.3 is 0 Å². The standard InChI is InChI=1S/C11H18ClN3/c1-11(2)9(12)8-10(11)13-5-7-15-6-3-4-14-15/h3-4,6,9-10,13H,5,7-8H2,1-2H3. The van der Waals surface area contributed by atoms with Crippen molar-refractivity contribution in [1.82, 2.24) is 15.1 Å². The molecule has 2 rings (SSSR count). The lowest BCUT2D eigenvalue weighted by molar-refractivity contribution is 0.116. The van der Waals surface area contributed by atoms with Crippen LogP contribution in [0.5, 0.6) is 0 Å². The molecular weight excluding hydrogens is 210 g/mol. The molecule has 3 nitrogen and oxygen atoms in total. The van der Waals surface area contributed by atoms with Gasteiger partial charge in [-0.15, -0.1) is 11.6 Å². The number of alkyl halides is 1. The highest BCUT2D eigenvalue weighted by Gasteiger charge is 2.46. The Morgan fingerprint density at radius 1 is 1.60 bits per heavy atom. The number of nitrogens with one attached hydrogen (secondary N) is 1. The second-order valence-corrected chi connectivity index (χ2v) is 5.33. The third-order valence-corrected chi connectivity index (χ3v) is 4.18. The summed E-state index contributed by atoms with van der Waals surface area (Å²) in [5.41, 5.74) is 0.228. The zero-order valence-corrected chi connectivity index (χ0v) is 10.0. The van der Waals surface area contributed by atoms with Gasteiger partial charge < -0.3 is 5.32 Å². The van der Waals surface area contributed by atoms with Crippen LogP contribution < -0.4 is 5.32 Å². The van der Waals surface area contributed by atoms with Gasteiger partial charge in [0.05, 0.1) is 6.54 Å². The smallest absolute Gasteiger partial charge is 0.0534 e. The Morgan fingerprint density at radius 3 is 2.93 bits per heavy atom. The lowest BCUT2D eigenvalue weighted by atomic mass is 9.67. The van der Waals surface area contributed by atoms with Crippen molar-refractivity contribution in [3.63, 3.8) is 0 Å². The number of nitrogens with zero attached hydrogens (tertiary/aromatic N) is 2. The fourth-order valence-electron chi connectivity index (χ4n) is 2.00. The second kappa shape index (κ2) is 4.14. The van der Waals surface area contributed by atoms with Crippen molar-refractivity contribution in [3.05, 3.63) is 18.5 Å². The van der Waals surface area contributed by atoms with Crippen LogP contribution in [0.4, 0.5) is 0 Å². The fourth-order valence-corrected chi connectivity index (χ4v) is 2.33. The monoisotopic (exact) mass is 227 g/mol. The highest BCUT2D eigenvalue weighted by molar-refractivity contribution is 6.21. The molecule has 0 aliphatic heterocycles. The minimum atomic E-state index is 0.228. The SMILES string of the molecule is CC1(C)C(Cl)CC1NCCn1cccn1. The van der Waals surface area contributed by atoms with E-state index in [0.29, 0.717) is 11.4 Å². The summed E-state index contributed by atoms with van der Waals surface area (Å²) in [5, 5.41) is 8.01. The molecule has 4 heteroatoms. The molecule has 1 aromatic rings. The van der Waals surface area contributed by atoms with Crippen molar-refractivity contribution in [3.8, 4) is 0 Å². The Balaban J connectivity index is 1.71. The van der Waals surface area contributed by atoms with Crippen LogP contribution in [0.3, 0.4) is 0 Å². The first-order valence-electron chi connectivity index (χ1n) is 5.45. The molecule has 1 aromatic heterocycles. The normalized spacial score (nSPS) is 28.7. The summed E-state index contributed by atoms with van der Waals surface area (Å²) in [5.74, 6) is 0. The Hall–Kier alpha value is -0.540. The highest BCUT2D eigenvalue weighted by Crippen LogP contribution is 2.44. The summed E-state index contributed by atoms with van der Waals surface area (Å²) in [4.78, 5) is 0. The van der Waals surface area contributed by atoms with E-state index in [1.54, 1.807) is 0 Å². The summed E-state index contributed by atoms with van der Waals surface area (Å²) in [7, 11) is 0. The van der Waals surface area contributed by atoms with Crippen molar-refractivity contribution < 1.29 is 0 Å². The van der Waals surface area contributed by atoms with E-state index in [1.165, 1.54) is 0 Å². The fraction of sp³-hybridized carbons (Fsp3) is 0.727.